The minimum Gasteiger partial charge on any atom is -0.469 e. The van der Waals surface area contributed by atoms with E-state index in [9.17, 15) is 4.79 Å². The standard InChI is InChI=1S/C15H27N3O4/c1-20-14(19)13-15(21-11-12-22-15)9-7-5-3-2-4-6-8-10-17-18-16/h2-13H2,1H3. The van der Waals surface area contributed by atoms with Gasteiger partial charge in [0.05, 0.1) is 26.7 Å². The minimum absolute atomic E-state index is 0.170. The molecule has 0 saturated carbocycles. The fraction of sp³-hybridized carbons (Fsp3) is 0.933. The first kappa shape index (κ1) is 18.7. The van der Waals surface area contributed by atoms with Gasteiger partial charge in [-0.25, -0.2) is 0 Å². The molecule has 0 aromatic carbocycles. The number of unbranched alkanes of at least 4 members (excludes halogenated alkanes) is 6. The van der Waals surface area contributed by atoms with Crippen molar-refractivity contribution in [3.05, 3.63) is 10.4 Å². The molecule has 0 aromatic heterocycles. The van der Waals surface area contributed by atoms with Gasteiger partial charge in [-0.3, -0.25) is 4.79 Å². The molecular weight excluding hydrogens is 286 g/mol. The SMILES string of the molecule is COC(=O)CC1(CCCCCCCCCN=[N+]=[N-])OCCO1. The van der Waals surface area contributed by atoms with Gasteiger partial charge in [-0.1, -0.05) is 37.2 Å². The first-order valence-electron chi connectivity index (χ1n) is 8.08. The molecule has 1 heterocycles. The number of nitrogens with zero attached hydrogens (tertiary/aromatic N) is 3. The van der Waals surface area contributed by atoms with Crippen molar-refractivity contribution in [2.45, 2.75) is 63.6 Å². The molecule has 0 amide bonds. The van der Waals surface area contributed by atoms with Crippen LogP contribution in [0.5, 0.6) is 0 Å². The number of esters is 1. The normalized spacial score (nSPS) is 16.2. The molecule has 1 fully saturated rings. The summed E-state index contributed by atoms with van der Waals surface area (Å²) >= 11 is 0. The van der Waals surface area contributed by atoms with Crippen LogP contribution in [0, 0.1) is 0 Å². The van der Waals surface area contributed by atoms with Gasteiger partial charge in [-0.15, -0.1) is 0 Å². The second kappa shape index (κ2) is 11.3. The third-order valence-electron chi connectivity index (χ3n) is 3.83. The second-order valence-electron chi connectivity index (χ2n) is 5.54. The van der Waals surface area contributed by atoms with Gasteiger partial charge in [0.2, 0.25) is 0 Å². The average molecular weight is 313 g/mol. The quantitative estimate of drug-likeness (QED) is 0.180. The highest BCUT2D eigenvalue weighted by atomic mass is 16.7. The van der Waals surface area contributed by atoms with Crippen molar-refractivity contribution in [3.8, 4) is 0 Å². The lowest BCUT2D eigenvalue weighted by molar-refractivity contribution is -0.184. The second-order valence-corrected chi connectivity index (χ2v) is 5.54. The highest BCUT2D eigenvalue weighted by Crippen LogP contribution is 2.30. The van der Waals surface area contributed by atoms with Crippen molar-refractivity contribution in [2.24, 2.45) is 5.11 Å². The molecule has 1 aliphatic rings. The maximum atomic E-state index is 11.4. The van der Waals surface area contributed by atoms with Gasteiger partial charge in [0.1, 0.15) is 0 Å². The van der Waals surface area contributed by atoms with Gasteiger partial charge in [-0.05, 0) is 18.4 Å². The van der Waals surface area contributed by atoms with E-state index in [2.05, 4.69) is 10.0 Å². The van der Waals surface area contributed by atoms with Gasteiger partial charge < -0.3 is 14.2 Å². The topological polar surface area (TPSA) is 93.5 Å². The van der Waals surface area contributed by atoms with Crippen molar-refractivity contribution in [2.75, 3.05) is 26.9 Å². The number of hydrogen-bond donors (Lipinski definition) is 0. The van der Waals surface area contributed by atoms with Crippen LogP contribution in [0.4, 0.5) is 0 Å². The third kappa shape index (κ3) is 7.64. The zero-order valence-electron chi connectivity index (χ0n) is 13.5. The summed E-state index contributed by atoms with van der Waals surface area (Å²) in [6.45, 7) is 1.69. The van der Waals surface area contributed by atoms with E-state index >= 15 is 0 Å². The largest absolute Gasteiger partial charge is 0.469 e. The zero-order chi connectivity index (χ0) is 16.1. The van der Waals surface area contributed by atoms with E-state index in [1.807, 2.05) is 0 Å². The predicted molar refractivity (Wildman–Crippen MR) is 82.2 cm³/mol. The van der Waals surface area contributed by atoms with Crippen LogP contribution in [0.25, 0.3) is 10.4 Å². The molecule has 0 radical (unpaired) electrons. The summed E-state index contributed by atoms with van der Waals surface area (Å²) in [5.41, 5.74) is 8.16. The van der Waals surface area contributed by atoms with Crippen LogP contribution in [0.2, 0.25) is 0 Å². The Morgan fingerprint density at radius 1 is 1.14 bits per heavy atom. The first-order valence-corrected chi connectivity index (χ1v) is 8.08. The van der Waals surface area contributed by atoms with Crippen LogP contribution in [0.15, 0.2) is 5.11 Å². The Morgan fingerprint density at radius 2 is 1.73 bits per heavy atom. The minimum atomic E-state index is -0.762. The van der Waals surface area contributed by atoms with Crippen molar-refractivity contribution in [1.82, 2.24) is 0 Å². The molecule has 7 heteroatoms. The lowest BCUT2D eigenvalue weighted by Gasteiger charge is -2.26. The molecule has 0 unspecified atom stereocenters. The molecule has 1 aliphatic heterocycles. The average Bonchev–Trinajstić information content (AvgIpc) is 2.97. The number of ether oxygens (including phenoxy) is 3. The molecule has 1 saturated heterocycles. The summed E-state index contributed by atoms with van der Waals surface area (Å²) < 4.78 is 16.0. The smallest absolute Gasteiger partial charge is 0.310 e. The van der Waals surface area contributed by atoms with Gasteiger partial charge in [0, 0.05) is 17.9 Å². The Bertz CT molecular complexity index is 364. The van der Waals surface area contributed by atoms with Crippen LogP contribution < -0.4 is 0 Å². The third-order valence-corrected chi connectivity index (χ3v) is 3.83. The van der Waals surface area contributed by atoms with E-state index in [0.717, 1.165) is 38.5 Å². The van der Waals surface area contributed by atoms with E-state index in [1.54, 1.807) is 0 Å². The molecule has 22 heavy (non-hydrogen) atoms. The molecule has 0 spiro atoms. The van der Waals surface area contributed by atoms with Crippen molar-refractivity contribution in [1.29, 1.82) is 0 Å². The first-order chi connectivity index (χ1) is 10.7. The van der Waals surface area contributed by atoms with Crippen molar-refractivity contribution in [3.63, 3.8) is 0 Å². The van der Waals surface area contributed by atoms with E-state index in [4.69, 9.17) is 19.7 Å². The fourth-order valence-electron chi connectivity index (χ4n) is 2.63. The molecule has 0 N–H and O–H groups in total. The highest BCUT2D eigenvalue weighted by molar-refractivity contribution is 5.70. The molecule has 1 rings (SSSR count). The van der Waals surface area contributed by atoms with Crippen LogP contribution in [-0.4, -0.2) is 38.6 Å². The Kier molecular flexibility index (Phi) is 9.62. The number of carbonyl (C=O) groups excluding carboxylic acids is 1. The van der Waals surface area contributed by atoms with E-state index < -0.39 is 5.79 Å². The lowest BCUT2D eigenvalue weighted by Crippen LogP contribution is -2.33. The number of carbonyl (C=O) groups is 1. The Balaban J connectivity index is 2.06. The Morgan fingerprint density at radius 3 is 2.32 bits per heavy atom. The van der Waals surface area contributed by atoms with Crippen LogP contribution in [-0.2, 0) is 19.0 Å². The van der Waals surface area contributed by atoms with Crippen LogP contribution in [0.3, 0.4) is 0 Å². The van der Waals surface area contributed by atoms with E-state index in [-0.39, 0.29) is 12.4 Å². The number of azide groups is 1. The van der Waals surface area contributed by atoms with Gasteiger partial charge in [-0.2, -0.15) is 0 Å². The lowest BCUT2D eigenvalue weighted by atomic mass is 10.0. The highest BCUT2D eigenvalue weighted by Gasteiger charge is 2.38. The summed E-state index contributed by atoms with van der Waals surface area (Å²) in [6.07, 6.45) is 8.58. The summed E-state index contributed by atoms with van der Waals surface area (Å²) in [6, 6.07) is 0. The van der Waals surface area contributed by atoms with Gasteiger partial charge in [0.25, 0.3) is 0 Å². The van der Waals surface area contributed by atoms with Crippen molar-refractivity contribution < 1.29 is 19.0 Å². The monoisotopic (exact) mass is 313 g/mol. The number of rotatable bonds is 12. The summed E-state index contributed by atoms with van der Waals surface area (Å²) in [7, 11) is 1.38. The molecule has 126 valence electrons. The van der Waals surface area contributed by atoms with E-state index in [1.165, 1.54) is 20.0 Å². The van der Waals surface area contributed by atoms with E-state index in [0.29, 0.717) is 19.8 Å². The molecule has 7 nitrogen and oxygen atoms in total. The predicted octanol–water partition coefficient (Wildman–Crippen LogP) is 3.72. The summed E-state index contributed by atoms with van der Waals surface area (Å²) in [4.78, 5) is 14.2. The van der Waals surface area contributed by atoms with Gasteiger partial charge in [0.15, 0.2) is 5.79 Å². The Labute approximate surface area is 131 Å². The fourth-order valence-corrected chi connectivity index (χ4v) is 2.63. The maximum absolute atomic E-state index is 11.4. The summed E-state index contributed by atoms with van der Waals surface area (Å²) in [5, 5.41) is 3.52. The number of hydrogen-bond acceptors (Lipinski definition) is 5. The van der Waals surface area contributed by atoms with Crippen LogP contribution in [0.1, 0.15) is 57.8 Å². The van der Waals surface area contributed by atoms with Crippen LogP contribution >= 0.6 is 0 Å². The molecule has 0 aliphatic carbocycles. The molecule has 0 aromatic rings. The summed E-state index contributed by atoms with van der Waals surface area (Å²) in [5.74, 6) is -1.05. The zero-order valence-corrected chi connectivity index (χ0v) is 13.5. The molecular formula is C15H27N3O4. The molecule has 0 atom stereocenters. The number of methoxy groups -OCH3 is 1. The van der Waals surface area contributed by atoms with Crippen molar-refractivity contribution >= 4 is 5.97 Å². The van der Waals surface area contributed by atoms with Gasteiger partial charge >= 0.3 is 5.97 Å². The molecule has 0 bridgehead atoms. The maximum Gasteiger partial charge on any atom is 0.310 e. The Hall–Kier alpha value is -1.30.